The van der Waals surface area contributed by atoms with Crippen molar-refractivity contribution in [3.05, 3.63) is 29.3 Å². The lowest BCUT2D eigenvalue weighted by Gasteiger charge is -2.51. The molecular formula is C19H24O3. The molecule has 0 radical (unpaired) electrons. The molecule has 0 amide bonds. The first-order valence-corrected chi connectivity index (χ1v) is 8.42. The SMILES string of the molecule is C[C@]12CC[C@@H]3c4ccc(O)cc4CC[C@H]3[C@@H]1CC(=O)[C@@]2(C)O. The van der Waals surface area contributed by atoms with E-state index in [2.05, 4.69) is 13.0 Å². The van der Waals surface area contributed by atoms with E-state index in [1.165, 1.54) is 11.1 Å². The Bertz CT molecular complexity index is 648. The zero-order chi connectivity index (χ0) is 15.7. The van der Waals surface area contributed by atoms with Gasteiger partial charge in [0.25, 0.3) is 0 Å². The minimum Gasteiger partial charge on any atom is -0.508 e. The zero-order valence-electron chi connectivity index (χ0n) is 13.3. The van der Waals surface area contributed by atoms with Crippen molar-refractivity contribution in [1.82, 2.24) is 0 Å². The molecule has 5 atom stereocenters. The topological polar surface area (TPSA) is 57.5 Å². The molecule has 0 aliphatic heterocycles. The van der Waals surface area contributed by atoms with Crippen molar-refractivity contribution in [2.24, 2.45) is 17.3 Å². The van der Waals surface area contributed by atoms with Gasteiger partial charge in [-0.25, -0.2) is 0 Å². The number of phenols is 1. The van der Waals surface area contributed by atoms with Crippen LogP contribution in [0.5, 0.6) is 5.75 Å². The fourth-order valence-electron chi connectivity index (χ4n) is 5.59. The molecule has 4 rings (SSSR count). The summed E-state index contributed by atoms with van der Waals surface area (Å²) in [5.74, 6) is 1.61. The molecule has 0 spiro atoms. The average molecular weight is 300 g/mol. The first-order chi connectivity index (χ1) is 10.3. The van der Waals surface area contributed by atoms with Crippen molar-refractivity contribution in [1.29, 1.82) is 0 Å². The van der Waals surface area contributed by atoms with Crippen molar-refractivity contribution in [3.8, 4) is 5.75 Å². The third kappa shape index (κ3) is 1.63. The Labute approximate surface area is 131 Å². The predicted octanol–water partition coefficient (Wildman–Crippen LogP) is 3.18. The number of fused-ring (bicyclic) bond motifs is 5. The standard InChI is InChI=1S/C19H24O3/c1-18-8-7-14-13-6-4-12(20)9-11(13)3-5-15(14)16(18)10-17(21)19(18,2)22/h4,6,9,14-16,20,22H,3,5,7-8,10H2,1-2H3/t14-,15-,16+,18+,19-/m1/s1. The van der Waals surface area contributed by atoms with Gasteiger partial charge in [0.15, 0.2) is 5.78 Å². The van der Waals surface area contributed by atoms with Gasteiger partial charge >= 0.3 is 0 Å². The molecule has 0 saturated heterocycles. The summed E-state index contributed by atoms with van der Waals surface area (Å²) in [5, 5.41) is 20.5. The van der Waals surface area contributed by atoms with Crippen LogP contribution in [0, 0.1) is 17.3 Å². The molecule has 1 aromatic rings. The molecule has 3 nitrogen and oxygen atoms in total. The molecule has 0 bridgehead atoms. The fourth-order valence-corrected chi connectivity index (χ4v) is 5.59. The highest BCUT2D eigenvalue weighted by Crippen LogP contribution is 2.63. The van der Waals surface area contributed by atoms with Crippen molar-refractivity contribution >= 4 is 5.78 Å². The monoisotopic (exact) mass is 300 g/mol. The third-order valence-electron chi connectivity index (χ3n) is 7.16. The van der Waals surface area contributed by atoms with Gasteiger partial charge in [-0.3, -0.25) is 4.79 Å². The predicted molar refractivity (Wildman–Crippen MR) is 83.7 cm³/mol. The van der Waals surface area contributed by atoms with Gasteiger partial charge in [0.2, 0.25) is 0 Å². The molecule has 2 N–H and O–H groups in total. The van der Waals surface area contributed by atoms with Gasteiger partial charge in [-0.1, -0.05) is 13.0 Å². The Kier molecular flexibility index (Phi) is 2.82. The Balaban J connectivity index is 1.74. The Morgan fingerprint density at radius 3 is 2.77 bits per heavy atom. The molecule has 118 valence electrons. The van der Waals surface area contributed by atoms with Crippen molar-refractivity contribution in [3.63, 3.8) is 0 Å². The molecule has 0 heterocycles. The highest BCUT2D eigenvalue weighted by atomic mass is 16.3. The van der Waals surface area contributed by atoms with Crippen LogP contribution in [0.3, 0.4) is 0 Å². The van der Waals surface area contributed by atoms with Crippen LogP contribution in [0.25, 0.3) is 0 Å². The van der Waals surface area contributed by atoms with Gasteiger partial charge in [0, 0.05) is 11.8 Å². The van der Waals surface area contributed by atoms with E-state index in [0.717, 1.165) is 25.7 Å². The number of ketones is 1. The minimum absolute atomic E-state index is 0.0251. The molecule has 0 unspecified atom stereocenters. The van der Waals surface area contributed by atoms with Crippen molar-refractivity contribution in [2.45, 2.75) is 57.5 Å². The normalized spacial score (nSPS) is 43.4. The van der Waals surface area contributed by atoms with Gasteiger partial charge in [-0.05, 0) is 73.6 Å². The molecule has 3 aliphatic rings. The van der Waals surface area contributed by atoms with E-state index in [0.29, 0.717) is 24.0 Å². The van der Waals surface area contributed by atoms with E-state index in [-0.39, 0.29) is 17.1 Å². The Morgan fingerprint density at radius 2 is 2.00 bits per heavy atom. The number of carbonyl (C=O) groups excluding carboxylic acids is 1. The van der Waals surface area contributed by atoms with Crippen LogP contribution in [0.2, 0.25) is 0 Å². The molecule has 22 heavy (non-hydrogen) atoms. The minimum atomic E-state index is -1.17. The van der Waals surface area contributed by atoms with Crippen LogP contribution in [0.1, 0.15) is 56.6 Å². The lowest BCUT2D eigenvalue weighted by Crippen LogP contribution is -2.51. The fraction of sp³-hybridized carbons (Fsp3) is 0.632. The second kappa shape index (κ2) is 4.35. The van der Waals surface area contributed by atoms with Crippen LogP contribution in [-0.4, -0.2) is 21.6 Å². The van der Waals surface area contributed by atoms with Gasteiger partial charge in [-0.2, -0.15) is 0 Å². The van der Waals surface area contributed by atoms with Crippen LogP contribution < -0.4 is 0 Å². The van der Waals surface area contributed by atoms with Gasteiger partial charge in [0.05, 0.1) is 0 Å². The maximum Gasteiger partial charge on any atom is 0.164 e. The summed E-state index contributed by atoms with van der Waals surface area (Å²) in [7, 11) is 0. The number of aliphatic hydroxyl groups is 1. The summed E-state index contributed by atoms with van der Waals surface area (Å²) in [5.41, 5.74) is 1.17. The molecule has 3 heteroatoms. The Hall–Kier alpha value is -1.35. The van der Waals surface area contributed by atoms with E-state index < -0.39 is 5.60 Å². The Morgan fingerprint density at radius 1 is 1.23 bits per heavy atom. The highest BCUT2D eigenvalue weighted by Gasteiger charge is 2.63. The summed E-state index contributed by atoms with van der Waals surface area (Å²) in [6, 6.07) is 5.75. The second-order valence-electron chi connectivity index (χ2n) is 7.95. The number of benzene rings is 1. The zero-order valence-corrected chi connectivity index (χ0v) is 13.3. The van der Waals surface area contributed by atoms with Crippen LogP contribution in [0.15, 0.2) is 18.2 Å². The van der Waals surface area contributed by atoms with E-state index in [9.17, 15) is 15.0 Å². The molecule has 0 aromatic heterocycles. The lowest BCUT2D eigenvalue weighted by molar-refractivity contribution is -0.144. The number of aromatic hydroxyl groups is 1. The van der Waals surface area contributed by atoms with E-state index >= 15 is 0 Å². The maximum atomic E-state index is 12.3. The van der Waals surface area contributed by atoms with E-state index in [1.807, 2.05) is 6.07 Å². The summed E-state index contributed by atoms with van der Waals surface area (Å²) in [6.45, 7) is 3.84. The molecular weight excluding hydrogens is 276 g/mol. The van der Waals surface area contributed by atoms with E-state index in [1.54, 1.807) is 13.0 Å². The number of hydrogen-bond donors (Lipinski definition) is 2. The highest BCUT2D eigenvalue weighted by molar-refractivity contribution is 5.90. The quantitative estimate of drug-likeness (QED) is 0.773. The second-order valence-corrected chi connectivity index (χ2v) is 7.95. The summed E-state index contributed by atoms with van der Waals surface area (Å²) in [4.78, 5) is 12.3. The number of phenolic OH excluding ortho intramolecular Hbond substituents is 1. The number of Topliss-reactive ketones (excluding diaryl/α,β-unsaturated/α-hetero) is 1. The van der Waals surface area contributed by atoms with Crippen LogP contribution in [-0.2, 0) is 11.2 Å². The lowest BCUT2D eigenvalue weighted by atomic mass is 9.53. The molecule has 2 saturated carbocycles. The first-order valence-electron chi connectivity index (χ1n) is 8.42. The van der Waals surface area contributed by atoms with Crippen molar-refractivity contribution in [2.75, 3.05) is 0 Å². The average Bonchev–Trinajstić information content (AvgIpc) is 2.66. The summed E-state index contributed by atoms with van der Waals surface area (Å²) in [6.07, 6.45) is 4.48. The molecule has 2 fully saturated rings. The van der Waals surface area contributed by atoms with E-state index in [4.69, 9.17) is 0 Å². The van der Waals surface area contributed by atoms with Crippen molar-refractivity contribution < 1.29 is 15.0 Å². The van der Waals surface area contributed by atoms with Gasteiger partial charge < -0.3 is 10.2 Å². The smallest absolute Gasteiger partial charge is 0.164 e. The molecule has 3 aliphatic carbocycles. The van der Waals surface area contributed by atoms with Gasteiger partial charge in [0.1, 0.15) is 11.4 Å². The van der Waals surface area contributed by atoms with Crippen LogP contribution >= 0.6 is 0 Å². The van der Waals surface area contributed by atoms with Crippen LogP contribution in [0.4, 0.5) is 0 Å². The number of hydrogen-bond acceptors (Lipinski definition) is 3. The summed E-state index contributed by atoms with van der Waals surface area (Å²) >= 11 is 0. The molecule has 1 aromatic carbocycles. The number of aryl methyl sites for hydroxylation is 1. The largest absolute Gasteiger partial charge is 0.508 e. The third-order valence-corrected chi connectivity index (χ3v) is 7.16. The van der Waals surface area contributed by atoms with Gasteiger partial charge in [-0.15, -0.1) is 0 Å². The number of rotatable bonds is 0. The maximum absolute atomic E-state index is 12.3. The number of carbonyl (C=O) groups is 1. The first kappa shape index (κ1) is 14.3. The summed E-state index contributed by atoms with van der Waals surface area (Å²) < 4.78 is 0.